The number of primary amides is 1. The topological polar surface area (TPSA) is 94.0 Å². The molecule has 3 N–H and O–H groups in total. The van der Waals surface area contributed by atoms with Crippen LogP contribution in [-0.4, -0.2) is 32.6 Å². The minimum Gasteiger partial charge on any atom is -0.396 e. The summed E-state index contributed by atoms with van der Waals surface area (Å²) >= 11 is 0. The molecular weight excluding hydrogens is 234 g/mol. The van der Waals surface area contributed by atoms with Gasteiger partial charge in [0.25, 0.3) is 12.3 Å². The molecule has 1 fully saturated rings. The van der Waals surface area contributed by atoms with Gasteiger partial charge in [0.2, 0.25) is 0 Å². The summed E-state index contributed by atoms with van der Waals surface area (Å²) < 4.78 is 26.6. The fraction of sp³-hybridized carbons (Fsp3) is 0.667. The Kier molecular flexibility index (Phi) is 2.82. The monoisotopic (exact) mass is 246 g/mol. The zero-order chi connectivity index (χ0) is 12.6. The fourth-order valence-electron chi connectivity index (χ4n) is 1.69. The minimum absolute atomic E-state index is 0.0958. The van der Waals surface area contributed by atoms with Crippen molar-refractivity contribution in [2.24, 2.45) is 11.1 Å². The molecule has 8 heteroatoms. The standard InChI is InChI=1S/C9H12F2N4O2/c10-7(11)6-5(8(12)17)13-14-15(6)3-9(4-16)1-2-9/h7,16H,1-4H2,(H2,12,17). The predicted octanol–water partition coefficient (Wildman–Crippen LogP) is 0.0871. The lowest BCUT2D eigenvalue weighted by Gasteiger charge is -2.13. The molecule has 1 aromatic rings. The maximum absolute atomic E-state index is 12.8. The Morgan fingerprint density at radius 3 is 2.65 bits per heavy atom. The van der Waals surface area contributed by atoms with E-state index in [0.717, 1.165) is 17.5 Å². The van der Waals surface area contributed by atoms with Gasteiger partial charge in [-0.1, -0.05) is 5.21 Å². The van der Waals surface area contributed by atoms with E-state index in [4.69, 9.17) is 10.8 Å². The van der Waals surface area contributed by atoms with Crippen molar-refractivity contribution in [2.45, 2.75) is 25.8 Å². The molecule has 0 radical (unpaired) electrons. The maximum atomic E-state index is 12.8. The van der Waals surface area contributed by atoms with Crippen molar-refractivity contribution in [1.29, 1.82) is 0 Å². The van der Waals surface area contributed by atoms with Crippen molar-refractivity contribution >= 4 is 5.91 Å². The molecular formula is C9H12F2N4O2. The number of halogens is 2. The summed E-state index contributed by atoms with van der Waals surface area (Å²) in [5.41, 5.74) is 3.47. The molecule has 1 aliphatic rings. The van der Waals surface area contributed by atoms with Crippen molar-refractivity contribution in [3.63, 3.8) is 0 Å². The summed E-state index contributed by atoms with van der Waals surface area (Å²) in [5, 5.41) is 16.0. The highest BCUT2D eigenvalue weighted by Crippen LogP contribution is 2.46. The van der Waals surface area contributed by atoms with Crippen LogP contribution in [0.1, 0.15) is 35.4 Å². The number of hydrogen-bond donors (Lipinski definition) is 2. The van der Waals surface area contributed by atoms with Crippen molar-refractivity contribution < 1.29 is 18.7 Å². The minimum atomic E-state index is -2.87. The average Bonchev–Trinajstić information content (AvgIpc) is 2.89. The van der Waals surface area contributed by atoms with Crippen LogP contribution in [0.25, 0.3) is 0 Å². The number of rotatable bonds is 5. The van der Waals surface area contributed by atoms with Crippen LogP contribution in [0.5, 0.6) is 0 Å². The Morgan fingerprint density at radius 2 is 2.24 bits per heavy atom. The summed E-state index contributed by atoms with van der Waals surface area (Å²) in [6, 6.07) is 0. The van der Waals surface area contributed by atoms with Crippen LogP contribution in [0.3, 0.4) is 0 Å². The number of amides is 1. The fourth-order valence-corrected chi connectivity index (χ4v) is 1.69. The van der Waals surface area contributed by atoms with Gasteiger partial charge in [-0.25, -0.2) is 13.5 Å². The van der Waals surface area contributed by atoms with Crippen molar-refractivity contribution in [2.75, 3.05) is 6.61 Å². The van der Waals surface area contributed by atoms with Crippen LogP contribution >= 0.6 is 0 Å². The third kappa shape index (κ3) is 2.12. The lowest BCUT2D eigenvalue weighted by Crippen LogP contribution is -2.20. The molecule has 1 aliphatic carbocycles. The van der Waals surface area contributed by atoms with E-state index in [1.165, 1.54) is 0 Å². The smallest absolute Gasteiger partial charge is 0.282 e. The Balaban J connectivity index is 2.31. The number of aliphatic hydroxyl groups is 1. The summed E-state index contributed by atoms with van der Waals surface area (Å²) in [4.78, 5) is 10.9. The molecule has 1 heterocycles. The molecule has 17 heavy (non-hydrogen) atoms. The first-order valence-corrected chi connectivity index (χ1v) is 5.11. The number of carbonyl (C=O) groups excluding carboxylic acids is 1. The predicted molar refractivity (Wildman–Crippen MR) is 52.2 cm³/mol. The molecule has 0 spiro atoms. The van der Waals surface area contributed by atoms with Gasteiger partial charge in [0.15, 0.2) is 5.69 Å². The van der Waals surface area contributed by atoms with Gasteiger partial charge in [-0.2, -0.15) is 0 Å². The summed E-state index contributed by atoms with van der Waals surface area (Å²) in [6.07, 6.45) is -1.38. The van der Waals surface area contributed by atoms with Gasteiger partial charge in [-0.15, -0.1) is 5.10 Å². The summed E-state index contributed by atoms with van der Waals surface area (Å²) in [5.74, 6) is -1.03. The summed E-state index contributed by atoms with van der Waals surface area (Å²) in [6.45, 7) is 0.0326. The highest BCUT2D eigenvalue weighted by Gasteiger charge is 2.44. The van der Waals surface area contributed by atoms with Crippen LogP contribution in [0.15, 0.2) is 0 Å². The van der Waals surface area contributed by atoms with Crippen LogP contribution in [-0.2, 0) is 6.54 Å². The maximum Gasteiger partial charge on any atom is 0.282 e. The molecule has 1 amide bonds. The van der Waals surface area contributed by atoms with E-state index in [0.29, 0.717) is 0 Å². The van der Waals surface area contributed by atoms with E-state index in [9.17, 15) is 13.6 Å². The number of hydrogen-bond acceptors (Lipinski definition) is 4. The first-order chi connectivity index (χ1) is 7.99. The quantitative estimate of drug-likeness (QED) is 0.769. The zero-order valence-corrected chi connectivity index (χ0v) is 8.94. The van der Waals surface area contributed by atoms with Crippen molar-refractivity contribution in [3.8, 4) is 0 Å². The van der Waals surface area contributed by atoms with Crippen molar-refractivity contribution in [3.05, 3.63) is 11.4 Å². The second kappa shape index (κ2) is 4.02. The van der Waals surface area contributed by atoms with Gasteiger partial charge in [0, 0.05) is 5.41 Å². The van der Waals surface area contributed by atoms with Crippen LogP contribution in [0, 0.1) is 5.41 Å². The van der Waals surface area contributed by atoms with E-state index in [1.54, 1.807) is 0 Å². The third-order valence-electron chi connectivity index (χ3n) is 2.99. The molecule has 2 rings (SSSR count). The van der Waals surface area contributed by atoms with Crippen LogP contribution in [0.2, 0.25) is 0 Å². The Hall–Kier alpha value is -1.57. The highest BCUT2D eigenvalue weighted by molar-refractivity contribution is 5.91. The zero-order valence-electron chi connectivity index (χ0n) is 8.94. The van der Waals surface area contributed by atoms with Crippen LogP contribution < -0.4 is 5.73 Å². The van der Waals surface area contributed by atoms with Gasteiger partial charge < -0.3 is 10.8 Å². The number of carbonyl (C=O) groups is 1. The van der Waals surface area contributed by atoms with Gasteiger partial charge in [-0.3, -0.25) is 4.79 Å². The number of alkyl halides is 2. The molecule has 1 aromatic heterocycles. The van der Waals surface area contributed by atoms with E-state index in [2.05, 4.69) is 10.3 Å². The average molecular weight is 246 g/mol. The molecule has 0 aromatic carbocycles. The molecule has 6 nitrogen and oxygen atoms in total. The number of nitrogens with two attached hydrogens (primary N) is 1. The molecule has 0 saturated heterocycles. The second-order valence-corrected chi connectivity index (χ2v) is 4.30. The molecule has 0 unspecified atom stereocenters. The highest BCUT2D eigenvalue weighted by atomic mass is 19.3. The van der Waals surface area contributed by atoms with Gasteiger partial charge in [0.05, 0.1) is 13.2 Å². The number of nitrogens with zero attached hydrogens (tertiary/aromatic N) is 3. The largest absolute Gasteiger partial charge is 0.396 e. The summed E-state index contributed by atoms with van der Waals surface area (Å²) in [7, 11) is 0. The van der Waals surface area contributed by atoms with Crippen LogP contribution in [0.4, 0.5) is 8.78 Å². The number of aliphatic hydroxyl groups excluding tert-OH is 1. The van der Waals surface area contributed by atoms with E-state index in [-0.39, 0.29) is 13.2 Å². The lowest BCUT2D eigenvalue weighted by molar-refractivity contribution is 0.0974. The molecule has 0 aliphatic heterocycles. The molecule has 1 saturated carbocycles. The van der Waals surface area contributed by atoms with Gasteiger partial charge in [-0.05, 0) is 12.8 Å². The Morgan fingerprint density at radius 1 is 1.59 bits per heavy atom. The Labute approximate surface area is 95.4 Å². The first kappa shape index (κ1) is 11.9. The van der Waals surface area contributed by atoms with E-state index >= 15 is 0 Å². The third-order valence-corrected chi connectivity index (χ3v) is 2.99. The van der Waals surface area contributed by atoms with Gasteiger partial charge >= 0.3 is 0 Å². The second-order valence-electron chi connectivity index (χ2n) is 4.30. The van der Waals surface area contributed by atoms with Crippen molar-refractivity contribution in [1.82, 2.24) is 15.0 Å². The Bertz CT molecular complexity index is 442. The first-order valence-electron chi connectivity index (χ1n) is 5.11. The van der Waals surface area contributed by atoms with E-state index in [1.807, 2.05) is 0 Å². The lowest BCUT2D eigenvalue weighted by atomic mass is 10.1. The van der Waals surface area contributed by atoms with Gasteiger partial charge in [0.1, 0.15) is 5.69 Å². The number of aromatic nitrogens is 3. The van der Waals surface area contributed by atoms with E-state index < -0.39 is 29.1 Å². The normalized spacial score (nSPS) is 17.4. The molecule has 0 bridgehead atoms. The molecule has 0 atom stereocenters. The molecule has 94 valence electrons. The SMILES string of the molecule is NC(=O)c1nnn(CC2(CO)CC2)c1C(F)F.